The minimum atomic E-state index is -3.75. The van der Waals surface area contributed by atoms with Crippen molar-refractivity contribution in [1.29, 1.82) is 0 Å². The minimum Gasteiger partial charge on any atom is -0.392 e. The Hall–Kier alpha value is -3.20. The molecule has 1 fully saturated rings. The van der Waals surface area contributed by atoms with Crippen LogP contribution < -0.4 is 15.4 Å². The summed E-state index contributed by atoms with van der Waals surface area (Å²) >= 11 is 0. The summed E-state index contributed by atoms with van der Waals surface area (Å²) in [5.41, 5.74) is 8.44. The summed E-state index contributed by atoms with van der Waals surface area (Å²) in [7, 11) is -3.75. The normalized spacial score (nSPS) is 16.3. The van der Waals surface area contributed by atoms with Crippen molar-refractivity contribution < 1.29 is 18.3 Å². The molecule has 5 rings (SSSR count). The predicted molar refractivity (Wildman–Crippen MR) is 145 cm³/mol. The van der Waals surface area contributed by atoms with Gasteiger partial charge in [-0.15, -0.1) is 0 Å². The van der Waals surface area contributed by atoms with Gasteiger partial charge in [-0.05, 0) is 89.9 Å². The van der Waals surface area contributed by atoms with Crippen molar-refractivity contribution in [2.45, 2.75) is 63.0 Å². The molecule has 2 amide bonds. The third kappa shape index (κ3) is 4.77. The molecule has 0 atom stereocenters. The molecule has 1 saturated carbocycles. The van der Waals surface area contributed by atoms with Crippen LogP contribution in [0.4, 0.5) is 10.5 Å². The lowest BCUT2D eigenvalue weighted by Gasteiger charge is -2.25. The van der Waals surface area contributed by atoms with Crippen LogP contribution in [0.2, 0.25) is 0 Å². The molecule has 0 unspecified atom stereocenters. The molecular formula is C29H33N3O4S. The van der Waals surface area contributed by atoms with Gasteiger partial charge >= 0.3 is 6.03 Å². The van der Waals surface area contributed by atoms with E-state index in [9.17, 15) is 18.3 Å². The van der Waals surface area contributed by atoms with Crippen molar-refractivity contribution >= 4 is 21.7 Å². The summed E-state index contributed by atoms with van der Waals surface area (Å²) < 4.78 is 23.0. The Kier molecular flexibility index (Phi) is 6.60. The van der Waals surface area contributed by atoms with E-state index in [1.54, 1.807) is 12.1 Å². The molecule has 0 aromatic heterocycles. The molecule has 0 bridgehead atoms. The number of benzene rings is 3. The third-order valence-electron chi connectivity index (χ3n) is 7.88. The maximum atomic E-state index is 13.4. The van der Waals surface area contributed by atoms with Gasteiger partial charge in [-0.25, -0.2) is 18.4 Å². The standard InChI is InChI=1S/C29H33N3O4S/c1-19-13-22(17-33)14-20(2)27(19)23-7-10-26-25(15-23)29(11-3-4-12-29)18-32(26)28(34)31-16-21-5-8-24(9-6-21)37(30,35)36/h5-10,13-15,33H,3-4,11-12,16-18H2,1-2H3,(H,31,34)(H2,30,35,36). The summed E-state index contributed by atoms with van der Waals surface area (Å²) in [5, 5.41) is 17.8. The van der Waals surface area contributed by atoms with E-state index in [1.807, 2.05) is 17.0 Å². The molecule has 0 saturated heterocycles. The first-order valence-electron chi connectivity index (χ1n) is 12.6. The third-order valence-corrected chi connectivity index (χ3v) is 8.81. The number of hydrogen-bond donors (Lipinski definition) is 3. The number of fused-ring (bicyclic) bond motifs is 2. The topological polar surface area (TPSA) is 113 Å². The van der Waals surface area contributed by atoms with E-state index in [1.165, 1.54) is 23.3 Å². The Morgan fingerprint density at radius 1 is 1.00 bits per heavy atom. The maximum Gasteiger partial charge on any atom is 0.322 e. The lowest BCUT2D eigenvalue weighted by Crippen LogP contribution is -2.41. The molecule has 1 aliphatic heterocycles. The number of rotatable bonds is 5. The fourth-order valence-corrected chi connectivity index (χ4v) is 6.67. The first-order valence-corrected chi connectivity index (χ1v) is 14.2. The SMILES string of the molecule is Cc1cc(CO)cc(C)c1-c1ccc2c(c1)C1(CCCC1)CN2C(=O)NCc1ccc(S(N)(=O)=O)cc1. The number of nitrogens with one attached hydrogen (secondary N) is 1. The van der Waals surface area contributed by atoms with Crippen LogP contribution in [0.25, 0.3) is 11.1 Å². The van der Waals surface area contributed by atoms with Crippen molar-refractivity contribution in [2.24, 2.45) is 5.14 Å². The zero-order valence-corrected chi connectivity index (χ0v) is 22.1. The second-order valence-corrected chi connectivity index (χ2v) is 12.0. The van der Waals surface area contributed by atoms with Gasteiger partial charge in [-0.2, -0.15) is 0 Å². The number of aliphatic hydroxyl groups is 1. The molecule has 3 aromatic carbocycles. The number of carbonyl (C=O) groups is 1. The molecule has 1 heterocycles. The summed E-state index contributed by atoms with van der Waals surface area (Å²) in [6.45, 7) is 5.12. The van der Waals surface area contributed by atoms with Gasteiger partial charge in [0.2, 0.25) is 10.0 Å². The minimum absolute atomic E-state index is 0.0234. The molecule has 0 radical (unpaired) electrons. The Labute approximate surface area is 218 Å². The largest absolute Gasteiger partial charge is 0.392 e. The number of aliphatic hydroxyl groups excluding tert-OH is 1. The van der Waals surface area contributed by atoms with Gasteiger partial charge in [0.15, 0.2) is 0 Å². The summed E-state index contributed by atoms with van der Waals surface area (Å²) in [4.78, 5) is 15.3. The van der Waals surface area contributed by atoms with Crippen LogP contribution in [0.5, 0.6) is 0 Å². The number of primary sulfonamides is 1. The summed E-state index contributed by atoms with van der Waals surface area (Å²) in [6.07, 6.45) is 4.42. The van der Waals surface area contributed by atoms with Gasteiger partial charge in [0.05, 0.1) is 11.5 Å². The zero-order valence-electron chi connectivity index (χ0n) is 21.3. The van der Waals surface area contributed by atoms with Crippen LogP contribution >= 0.6 is 0 Å². The van der Waals surface area contributed by atoms with Crippen LogP contribution in [0.1, 0.15) is 53.5 Å². The highest BCUT2D eigenvalue weighted by Gasteiger charge is 2.46. The average Bonchev–Trinajstić information content (AvgIpc) is 3.47. The van der Waals surface area contributed by atoms with Gasteiger partial charge in [0.1, 0.15) is 0 Å². The molecule has 7 nitrogen and oxygen atoms in total. The Morgan fingerprint density at radius 3 is 2.24 bits per heavy atom. The molecule has 1 spiro atoms. The number of nitrogens with two attached hydrogens (primary N) is 1. The fraction of sp³-hybridized carbons (Fsp3) is 0.345. The highest BCUT2D eigenvalue weighted by molar-refractivity contribution is 7.89. The van der Waals surface area contributed by atoms with E-state index in [-0.39, 0.29) is 29.5 Å². The quantitative estimate of drug-likeness (QED) is 0.455. The fourth-order valence-electron chi connectivity index (χ4n) is 6.16. The van der Waals surface area contributed by atoms with E-state index < -0.39 is 10.0 Å². The van der Waals surface area contributed by atoms with Gasteiger partial charge < -0.3 is 10.4 Å². The first-order chi connectivity index (χ1) is 17.6. The summed E-state index contributed by atoms with van der Waals surface area (Å²) in [5.74, 6) is 0. The maximum absolute atomic E-state index is 13.4. The molecule has 8 heteroatoms. The second kappa shape index (κ2) is 9.59. The van der Waals surface area contributed by atoms with E-state index in [0.717, 1.165) is 59.2 Å². The van der Waals surface area contributed by atoms with Crippen LogP contribution in [-0.2, 0) is 28.6 Å². The highest BCUT2D eigenvalue weighted by atomic mass is 32.2. The van der Waals surface area contributed by atoms with Crippen LogP contribution in [0, 0.1) is 13.8 Å². The van der Waals surface area contributed by atoms with Crippen LogP contribution in [-0.4, -0.2) is 26.1 Å². The van der Waals surface area contributed by atoms with Crippen molar-refractivity contribution in [1.82, 2.24) is 5.32 Å². The summed E-state index contributed by atoms with van der Waals surface area (Å²) in [6, 6.07) is 16.6. The van der Waals surface area contributed by atoms with Crippen molar-refractivity contribution in [3.63, 3.8) is 0 Å². The highest BCUT2D eigenvalue weighted by Crippen LogP contribution is 2.51. The van der Waals surface area contributed by atoms with Gasteiger partial charge in [-0.3, -0.25) is 4.90 Å². The van der Waals surface area contributed by atoms with Crippen LogP contribution in [0.3, 0.4) is 0 Å². The number of carbonyl (C=O) groups excluding carboxylic acids is 1. The number of aryl methyl sites for hydroxylation is 2. The van der Waals surface area contributed by atoms with E-state index in [2.05, 4.69) is 37.4 Å². The molecule has 3 aromatic rings. The number of hydrogen-bond acceptors (Lipinski definition) is 4. The Morgan fingerprint density at radius 2 is 1.65 bits per heavy atom. The number of anilines is 1. The van der Waals surface area contributed by atoms with Gasteiger partial charge in [-0.1, -0.05) is 43.2 Å². The predicted octanol–water partition coefficient (Wildman–Crippen LogP) is 4.65. The van der Waals surface area contributed by atoms with Gasteiger partial charge in [0.25, 0.3) is 0 Å². The molecule has 1 aliphatic carbocycles. The number of amides is 2. The zero-order chi connectivity index (χ0) is 26.4. The van der Waals surface area contributed by atoms with E-state index >= 15 is 0 Å². The van der Waals surface area contributed by atoms with Crippen LogP contribution in [0.15, 0.2) is 59.5 Å². The van der Waals surface area contributed by atoms with E-state index in [4.69, 9.17) is 5.14 Å². The van der Waals surface area contributed by atoms with E-state index in [0.29, 0.717) is 6.54 Å². The molecule has 37 heavy (non-hydrogen) atoms. The first kappa shape index (κ1) is 25.4. The van der Waals surface area contributed by atoms with Crippen molar-refractivity contribution in [3.8, 4) is 11.1 Å². The Bertz CT molecular complexity index is 1440. The van der Waals surface area contributed by atoms with Gasteiger partial charge in [0, 0.05) is 24.2 Å². The number of sulfonamides is 1. The number of urea groups is 1. The Balaban J connectivity index is 1.42. The monoisotopic (exact) mass is 519 g/mol. The molecular weight excluding hydrogens is 486 g/mol. The average molecular weight is 520 g/mol. The molecule has 194 valence electrons. The van der Waals surface area contributed by atoms with Crippen molar-refractivity contribution in [2.75, 3.05) is 11.4 Å². The smallest absolute Gasteiger partial charge is 0.322 e. The lowest BCUT2D eigenvalue weighted by molar-refractivity contribution is 0.245. The second-order valence-electron chi connectivity index (χ2n) is 10.4. The molecule has 4 N–H and O–H groups in total. The van der Waals surface area contributed by atoms with Crippen molar-refractivity contribution in [3.05, 3.63) is 82.4 Å². The number of nitrogens with zero attached hydrogens (tertiary/aromatic N) is 1. The molecule has 2 aliphatic rings. The lowest BCUT2D eigenvalue weighted by atomic mass is 9.79.